The first-order valence-corrected chi connectivity index (χ1v) is 10.8. The summed E-state index contributed by atoms with van der Waals surface area (Å²) in [4.78, 5) is 1.74. The molecule has 7 nitrogen and oxygen atoms in total. The number of fused-ring (bicyclic) bond motifs is 1. The third-order valence-corrected chi connectivity index (χ3v) is 6.91. The van der Waals surface area contributed by atoms with Crippen molar-refractivity contribution < 1.29 is 26.7 Å². The van der Waals surface area contributed by atoms with E-state index in [2.05, 4.69) is 5.10 Å². The largest absolute Gasteiger partial charge is 0.454 e. The highest BCUT2D eigenvalue weighted by Crippen LogP contribution is 2.39. The molecule has 5 rings (SSSR count). The standard InChI is InChI=1S/C20H17F2N3O4S/c21-13-3-5-16(22)15(10-13)17-2-1-9-24(17)20-7-8-23-25(20)30(26,27)14-4-6-18-19(11-14)29-12-28-18/h3-8,10-11,17H,1-2,9,12H2/t17-/m1/s1. The van der Waals surface area contributed by atoms with E-state index in [1.165, 1.54) is 24.4 Å². The molecule has 2 aliphatic heterocycles. The average Bonchev–Trinajstić information content (AvgIpc) is 3.48. The summed E-state index contributed by atoms with van der Waals surface area (Å²) in [6.07, 6.45) is 2.64. The van der Waals surface area contributed by atoms with E-state index in [0.717, 1.165) is 22.3 Å². The minimum atomic E-state index is -4.05. The van der Waals surface area contributed by atoms with E-state index in [4.69, 9.17) is 9.47 Å². The number of rotatable bonds is 4. The lowest BCUT2D eigenvalue weighted by molar-refractivity contribution is 0.174. The molecule has 1 aromatic heterocycles. The molecule has 0 N–H and O–H groups in total. The lowest BCUT2D eigenvalue weighted by Gasteiger charge is -2.27. The Bertz CT molecular complexity index is 1230. The van der Waals surface area contributed by atoms with Crippen LogP contribution in [-0.4, -0.2) is 30.9 Å². The number of hydrogen-bond donors (Lipinski definition) is 0. The van der Waals surface area contributed by atoms with Crippen molar-refractivity contribution in [1.82, 2.24) is 9.19 Å². The van der Waals surface area contributed by atoms with Crippen molar-refractivity contribution in [2.24, 2.45) is 0 Å². The normalized spacial score (nSPS) is 18.2. The number of hydrogen-bond acceptors (Lipinski definition) is 6. The van der Waals surface area contributed by atoms with Crippen LogP contribution in [-0.2, 0) is 10.0 Å². The predicted molar refractivity (Wildman–Crippen MR) is 103 cm³/mol. The summed E-state index contributed by atoms with van der Waals surface area (Å²) in [5, 5.41) is 4.02. The number of aromatic nitrogens is 2. The maximum Gasteiger partial charge on any atom is 0.285 e. The van der Waals surface area contributed by atoms with Gasteiger partial charge < -0.3 is 14.4 Å². The van der Waals surface area contributed by atoms with Crippen LogP contribution in [0.4, 0.5) is 14.6 Å². The van der Waals surface area contributed by atoms with Gasteiger partial charge in [-0.25, -0.2) is 8.78 Å². The molecular weight excluding hydrogens is 416 g/mol. The van der Waals surface area contributed by atoms with Crippen molar-refractivity contribution in [3.63, 3.8) is 0 Å². The SMILES string of the molecule is O=S(=O)(c1ccc2c(c1)OCO2)n1nccc1N1CCC[C@@H]1c1cc(F)ccc1F. The molecule has 156 valence electrons. The van der Waals surface area contributed by atoms with E-state index in [-0.39, 0.29) is 17.3 Å². The molecule has 0 bridgehead atoms. The summed E-state index contributed by atoms with van der Waals surface area (Å²) >= 11 is 0. The average molecular weight is 433 g/mol. The lowest BCUT2D eigenvalue weighted by Crippen LogP contribution is -2.28. The van der Waals surface area contributed by atoms with Crippen LogP contribution in [0.15, 0.2) is 53.6 Å². The molecule has 30 heavy (non-hydrogen) atoms. The van der Waals surface area contributed by atoms with Crippen molar-refractivity contribution in [3.05, 3.63) is 65.9 Å². The van der Waals surface area contributed by atoms with Crippen LogP contribution in [0.25, 0.3) is 0 Å². The van der Waals surface area contributed by atoms with Gasteiger partial charge in [0.15, 0.2) is 11.5 Å². The Labute approximate surface area is 171 Å². The fraction of sp³-hybridized carbons (Fsp3) is 0.250. The van der Waals surface area contributed by atoms with Gasteiger partial charge in [0, 0.05) is 24.2 Å². The van der Waals surface area contributed by atoms with Crippen molar-refractivity contribution in [2.75, 3.05) is 18.2 Å². The summed E-state index contributed by atoms with van der Waals surface area (Å²) in [5.74, 6) is 0.0260. The molecule has 3 aromatic rings. The molecular formula is C20H17F2N3O4S. The molecule has 2 aromatic carbocycles. The van der Waals surface area contributed by atoms with E-state index in [1.54, 1.807) is 11.0 Å². The monoisotopic (exact) mass is 433 g/mol. The van der Waals surface area contributed by atoms with Crippen LogP contribution in [0.3, 0.4) is 0 Å². The highest BCUT2D eigenvalue weighted by atomic mass is 32.2. The van der Waals surface area contributed by atoms with Crippen LogP contribution < -0.4 is 14.4 Å². The topological polar surface area (TPSA) is 73.7 Å². The van der Waals surface area contributed by atoms with E-state index < -0.39 is 27.7 Å². The van der Waals surface area contributed by atoms with Gasteiger partial charge in [-0.3, -0.25) is 0 Å². The Morgan fingerprint density at radius 1 is 1.03 bits per heavy atom. The summed E-state index contributed by atoms with van der Waals surface area (Å²) in [6.45, 7) is 0.517. The molecule has 3 heterocycles. The zero-order valence-electron chi connectivity index (χ0n) is 15.7. The molecule has 1 saturated heterocycles. The maximum atomic E-state index is 14.4. The Morgan fingerprint density at radius 3 is 2.73 bits per heavy atom. The minimum Gasteiger partial charge on any atom is -0.454 e. The number of ether oxygens (including phenoxy) is 2. The van der Waals surface area contributed by atoms with Crippen molar-refractivity contribution in [1.29, 1.82) is 0 Å². The second kappa shape index (κ2) is 6.98. The van der Waals surface area contributed by atoms with Crippen molar-refractivity contribution >= 4 is 15.8 Å². The molecule has 0 saturated carbocycles. The van der Waals surface area contributed by atoms with E-state index in [1.807, 2.05) is 0 Å². The number of nitrogens with zero attached hydrogens (tertiary/aromatic N) is 3. The molecule has 0 unspecified atom stereocenters. The van der Waals surface area contributed by atoms with Gasteiger partial charge in [0.1, 0.15) is 17.5 Å². The Kier molecular flexibility index (Phi) is 4.39. The first kappa shape index (κ1) is 18.9. The van der Waals surface area contributed by atoms with Crippen molar-refractivity contribution in [3.8, 4) is 11.5 Å². The summed E-state index contributed by atoms with van der Waals surface area (Å²) in [6, 6.07) is 8.70. The first-order valence-electron chi connectivity index (χ1n) is 9.36. The third kappa shape index (κ3) is 2.98. The fourth-order valence-electron chi connectivity index (χ4n) is 3.95. The molecule has 10 heteroatoms. The zero-order chi connectivity index (χ0) is 20.9. The molecule has 0 spiro atoms. The Hall–Kier alpha value is -3.14. The number of benzene rings is 2. The maximum absolute atomic E-state index is 14.4. The second-order valence-corrected chi connectivity index (χ2v) is 8.84. The van der Waals surface area contributed by atoms with Crippen LogP contribution in [0, 0.1) is 11.6 Å². The van der Waals surface area contributed by atoms with Gasteiger partial charge in [-0.2, -0.15) is 13.5 Å². The molecule has 0 amide bonds. The van der Waals surface area contributed by atoms with Gasteiger partial charge in [-0.1, -0.05) is 0 Å². The van der Waals surface area contributed by atoms with Crippen LogP contribution in [0.1, 0.15) is 24.4 Å². The second-order valence-electron chi connectivity index (χ2n) is 7.07. The quantitative estimate of drug-likeness (QED) is 0.627. The Balaban J connectivity index is 1.55. The van der Waals surface area contributed by atoms with Crippen molar-refractivity contribution in [2.45, 2.75) is 23.8 Å². The van der Waals surface area contributed by atoms with Crippen LogP contribution >= 0.6 is 0 Å². The fourth-order valence-corrected chi connectivity index (χ4v) is 5.23. The van der Waals surface area contributed by atoms with E-state index >= 15 is 0 Å². The molecule has 1 atom stereocenters. The van der Waals surface area contributed by atoms with Gasteiger partial charge >= 0.3 is 0 Å². The van der Waals surface area contributed by atoms with Gasteiger partial charge in [0.2, 0.25) is 6.79 Å². The van der Waals surface area contributed by atoms with Crippen LogP contribution in [0.5, 0.6) is 11.5 Å². The van der Waals surface area contributed by atoms with Gasteiger partial charge in [-0.15, -0.1) is 4.09 Å². The van der Waals surface area contributed by atoms with Crippen LogP contribution in [0.2, 0.25) is 0 Å². The first-order chi connectivity index (χ1) is 14.4. The highest BCUT2D eigenvalue weighted by molar-refractivity contribution is 7.90. The van der Waals surface area contributed by atoms with Gasteiger partial charge in [0.25, 0.3) is 10.0 Å². The summed E-state index contributed by atoms with van der Waals surface area (Å²) in [5.41, 5.74) is 0.195. The number of anilines is 1. The smallest absolute Gasteiger partial charge is 0.285 e. The van der Waals surface area contributed by atoms with Gasteiger partial charge in [0.05, 0.1) is 17.1 Å². The third-order valence-electron chi connectivity index (χ3n) is 5.32. The predicted octanol–water partition coefficient (Wildman–Crippen LogP) is 3.47. The van der Waals surface area contributed by atoms with Gasteiger partial charge in [-0.05, 0) is 43.2 Å². The van der Waals surface area contributed by atoms with E-state index in [9.17, 15) is 17.2 Å². The highest BCUT2D eigenvalue weighted by Gasteiger charge is 2.33. The zero-order valence-corrected chi connectivity index (χ0v) is 16.5. The number of halogens is 2. The minimum absolute atomic E-state index is 0.00983. The molecule has 2 aliphatic rings. The summed E-state index contributed by atoms with van der Waals surface area (Å²) < 4.78 is 66.1. The Morgan fingerprint density at radius 2 is 1.87 bits per heavy atom. The lowest BCUT2D eigenvalue weighted by atomic mass is 10.0. The molecule has 0 aliphatic carbocycles. The summed E-state index contributed by atoms with van der Waals surface area (Å²) in [7, 11) is -4.05. The van der Waals surface area contributed by atoms with E-state index in [0.29, 0.717) is 36.7 Å². The molecule has 0 radical (unpaired) electrons. The molecule has 1 fully saturated rings.